The monoisotopic (exact) mass is 337 g/mol. The quantitative estimate of drug-likeness (QED) is 0.658. The standard InChI is InChI=1S/C19H31NO4/c1-16(23-15-17-9-6-5-7-10-17)11-14-22-13-8-12-20-18(21)24-19(2,3)4/h5-7,9-10,16H,8,11-15H2,1-4H3,(H,20,21). The van der Waals surface area contributed by atoms with E-state index in [-0.39, 0.29) is 12.2 Å². The SMILES string of the molecule is CC(CCOCCCNC(=O)OC(C)(C)C)OCc1ccccc1. The van der Waals surface area contributed by atoms with E-state index in [0.29, 0.717) is 26.4 Å². The maximum atomic E-state index is 11.4. The predicted molar refractivity (Wildman–Crippen MR) is 95.0 cm³/mol. The molecule has 0 bridgehead atoms. The molecule has 1 aromatic rings. The van der Waals surface area contributed by atoms with Crippen molar-refractivity contribution in [3.8, 4) is 0 Å². The first-order valence-electron chi connectivity index (χ1n) is 8.57. The number of alkyl carbamates (subject to hydrolysis) is 1. The molecule has 0 saturated heterocycles. The summed E-state index contributed by atoms with van der Waals surface area (Å²) in [6.45, 7) is 10.0. The molecule has 24 heavy (non-hydrogen) atoms. The number of nitrogens with one attached hydrogen (secondary N) is 1. The molecular formula is C19H31NO4. The molecule has 5 nitrogen and oxygen atoms in total. The van der Waals surface area contributed by atoms with Crippen molar-refractivity contribution < 1.29 is 19.0 Å². The van der Waals surface area contributed by atoms with E-state index in [0.717, 1.165) is 12.8 Å². The van der Waals surface area contributed by atoms with Crippen molar-refractivity contribution >= 4 is 6.09 Å². The first-order valence-corrected chi connectivity index (χ1v) is 8.57. The van der Waals surface area contributed by atoms with Gasteiger partial charge in [-0.15, -0.1) is 0 Å². The number of carbonyl (C=O) groups excluding carboxylic acids is 1. The molecule has 0 heterocycles. The Morgan fingerprint density at radius 3 is 2.54 bits per heavy atom. The fourth-order valence-electron chi connectivity index (χ4n) is 1.93. The van der Waals surface area contributed by atoms with E-state index >= 15 is 0 Å². The van der Waals surface area contributed by atoms with Gasteiger partial charge in [0.25, 0.3) is 0 Å². The minimum Gasteiger partial charge on any atom is -0.444 e. The minimum atomic E-state index is -0.462. The summed E-state index contributed by atoms with van der Waals surface area (Å²) < 4.78 is 16.5. The lowest BCUT2D eigenvalue weighted by molar-refractivity contribution is 0.0216. The van der Waals surface area contributed by atoms with E-state index in [4.69, 9.17) is 14.2 Å². The Bertz CT molecular complexity index is 456. The molecular weight excluding hydrogens is 306 g/mol. The van der Waals surface area contributed by atoms with Crippen LogP contribution in [0.5, 0.6) is 0 Å². The molecule has 0 fully saturated rings. The zero-order valence-electron chi connectivity index (χ0n) is 15.3. The molecule has 0 saturated carbocycles. The third-order valence-electron chi connectivity index (χ3n) is 3.18. The van der Waals surface area contributed by atoms with Crippen molar-refractivity contribution in [2.45, 2.75) is 58.8 Å². The van der Waals surface area contributed by atoms with Crippen LogP contribution in [0, 0.1) is 0 Å². The van der Waals surface area contributed by atoms with Crippen LogP contribution in [-0.2, 0) is 20.8 Å². The molecule has 0 spiro atoms. The van der Waals surface area contributed by atoms with Gasteiger partial charge in [0, 0.05) is 19.8 Å². The van der Waals surface area contributed by atoms with Gasteiger partial charge in [-0.3, -0.25) is 0 Å². The second kappa shape index (κ2) is 11.0. The molecule has 1 rings (SSSR count). The van der Waals surface area contributed by atoms with Crippen LogP contribution in [-0.4, -0.2) is 37.6 Å². The number of hydrogen-bond acceptors (Lipinski definition) is 4. The molecule has 0 aliphatic carbocycles. The molecule has 1 N–H and O–H groups in total. The molecule has 1 atom stereocenters. The van der Waals surface area contributed by atoms with Crippen LogP contribution in [0.4, 0.5) is 4.79 Å². The molecule has 1 unspecified atom stereocenters. The largest absolute Gasteiger partial charge is 0.444 e. The highest BCUT2D eigenvalue weighted by Crippen LogP contribution is 2.07. The van der Waals surface area contributed by atoms with Gasteiger partial charge in [0.15, 0.2) is 0 Å². The number of carbonyl (C=O) groups is 1. The second-order valence-electron chi connectivity index (χ2n) is 6.79. The van der Waals surface area contributed by atoms with E-state index in [1.165, 1.54) is 5.56 Å². The van der Waals surface area contributed by atoms with E-state index in [1.807, 2.05) is 39.0 Å². The fraction of sp³-hybridized carbons (Fsp3) is 0.632. The Labute approximate surface area is 145 Å². The summed E-state index contributed by atoms with van der Waals surface area (Å²) >= 11 is 0. The predicted octanol–water partition coefficient (Wildman–Crippen LogP) is 3.91. The van der Waals surface area contributed by atoms with E-state index in [9.17, 15) is 4.79 Å². The van der Waals surface area contributed by atoms with Crippen LogP contribution in [0.15, 0.2) is 30.3 Å². The summed E-state index contributed by atoms with van der Waals surface area (Å²) in [4.78, 5) is 11.4. The Morgan fingerprint density at radius 1 is 1.17 bits per heavy atom. The van der Waals surface area contributed by atoms with Crippen LogP contribution in [0.2, 0.25) is 0 Å². The lowest BCUT2D eigenvalue weighted by Gasteiger charge is -2.19. The summed E-state index contributed by atoms with van der Waals surface area (Å²) in [5.41, 5.74) is 0.717. The molecule has 136 valence electrons. The molecule has 0 aromatic heterocycles. The van der Waals surface area contributed by atoms with E-state index in [1.54, 1.807) is 0 Å². The highest BCUT2D eigenvalue weighted by atomic mass is 16.6. The first kappa shape index (κ1) is 20.5. The van der Waals surface area contributed by atoms with Gasteiger partial charge in [0.2, 0.25) is 0 Å². The normalized spacial score (nSPS) is 12.7. The Morgan fingerprint density at radius 2 is 1.88 bits per heavy atom. The Kier molecular flexibility index (Phi) is 9.42. The number of rotatable bonds is 10. The van der Waals surface area contributed by atoms with Crippen molar-refractivity contribution in [1.82, 2.24) is 5.32 Å². The van der Waals surface area contributed by atoms with Crippen LogP contribution in [0.3, 0.4) is 0 Å². The molecule has 1 amide bonds. The average molecular weight is 337 g/mol. The number of ether oxygens (including phenoxy) is 3. The van der Waals surface area contributed by atoms with Gasteiger partial charge in [-0.05, 0) is 46.1 Å². The number of hydrogen-bond donors (Lipinski definition) is 1. The lowest BCUT2D eigenvalue weighted by Crippen LogP contribution is -2.33. The smallest absolute Gasteiger partial charge is 0.407 e. The molecule has 0 aliphatic rings. The van der Waals surface area contributed by atoms with Gasteiger partial charge in [-0.1, -0.05) is 30.3 Å². The average Bonchev–Trinajstić information content (AvgIpc) is 2.51. The zero-order chi connectivity index (χ0) is 17.8. The first-order chi connectivity index (χ1) is 11.4. The van der Waals surface area contributed by atoms with Crippen LogP contribution >= 0.6 is 0 Å². The van der Waals surface area contributed by atoms with Crippen LogP contribution in [0.1, 0.15) is 46.1 Å². The Balaban J connectivity index is 1.95. The highest BCUT2D eigenvalue weighted by Gasteiger charge is 2.15. The lowest BCUT2D eigenvalue weighted by atomic mass is 10.2. The summed E-state index contributed by atoms with van der Waals surface area (Å²) in [5.74, 6) is 0. The van der Waals surface area contributed by atoms with E-state index < -0.39 is 5.60 Å². The third-order valence-corrected chi connectivity index (χ3v) is 3.18. The Hall–Kier alpha value is -1.59. The van der Waals surface area contributed by atoms with Gasteiger partial charge in [0.05, 0.1) is 12.7 Å². The van der Waals surface area contributed by atoms with Gasteiger partial charge in [-0.2, -0.15) is 0 Å². The summed E-state index contributed by atoms with van der Waals surface area (Å²) in [5, 5.41) is 2.71. The number of benzene rings is 1. The molecule has 1 aromatic carbocycles. The van der Waals surface area contributed by atoms with Crippen molar-refractivity contribution in [1.29, 1.82) is 0 Å². The van der Waals surface area contributed by atoms with Gasteiger partial charge < -0.3 is 19.5 Å². The van der Waals surface area contributed by atoms with Crippen molar-refractivity contribution in [2.75, 3.05) is 19.8 Å². The van der Waals surface area contributed by atoms with Crippen molar-refractivity contribution in [3.05, 3.63) is 35.9 Å². The summed E-state index contributed by atoms with van der Waals surface area (Å²) in [7, 11) is 0. The number of amides is 1. The van der Waals surface area contributed by atoms with Crippen LogP contribution in [0.25, 0.3) is 0 Å². The van der Waals surface area contributed by atoms with Crippen molar-refractivity contribution in [2.24, 2.45) is 0 Å². The van der Waals surface area contributed by atoms with Gasteiger partial charge in [0.1, 0.15) is 5.60 Å². The summed E-state index contributed by atoms with van der Waals surface area (Å²) in [6, 6.07) is 10.1. The second-order valence-corrected chi connectivity index (χ2v) is 6.79. The highest BCUT2D eigenvalue weighted by molar-refractivity contribution is 5.67. The third kappa shape index (κ3) is 11.0. The molecule has 5 heteroatoms. The molecule has 0 radical (unpaired) electrons. The maximum Gasteiger partial charge on any atom is 0.407 e. The maximum absolute atomic E-state index is 11.4. The van der Waals surface area contributed by atoms with Crippen LogP contribution < -0.4 is 5.32 Å². The van der Waals surface area contributed by atoms with E-state index in [2.05, 4.69) is 24.4 Å². The topological polar surface area (TPSA) is 56.8 Å². The summed E-state index contributed by atoms with van der Waals surface area (Å²) in [6.07, 6.45) is 1.39. The minimum absolute atomic E-state index is 0.157. The molecule has 0 aliphatic heterocycles. The van der Waals surface area contributed by atoms with Crippen molar-refractivity contribution in [3.63, 3.8) is 0 Å². The van der Waals surface area contributed by atoms with Gasteiger partial charge in [-0.25, -0.2) is 4.79 Å². The zero-order valence-corrected chi connectivity index (χ0v) is 15.3. The fourth-order valence-corrected chi connectivity index (χ4v) is 1.93. The van der Waals surface area contributed by atoms with Gasteiger partial charge >= 0.3 is 6.09 Å².